The van der Waals surface area contributed by atoms with E-state index in [9.17, 15) is 4.79 Å². The molecule has 2 aliphatic rings. The number of nitrogens with one attached hydrogen (secondary N) is 1. The van der Waals surface area contributed by atoms with Crippen molar-refractivity contribution >= 4 is 16.8 Å². The molecule has 3 atom stereocenters. The number of aryl methyl sites for hydroxylation is 1. The Morgan fingerprint density at radius 3 is 2.70 bits per heavy atom. The topological polar surface area (TPSA) is 87.1 Å². The number of aromatic nitrogens is 4. The Bertz CT molecular complexity index is 1700. The number of nitrogens with zero attached hydrogens (tertiary/aromatic N) is 6. The van der Waals surface area contributed by atoms with Gasteiger partial charge < -0.3 is 10.2 Å². The molecule has 0 spiro atoms. The average molecular weight is 642 g/mol. The van der Waals surface area contributed by atoms with Gasteiger partial charge in [-0.15, -0.1) is 0 Å². The van der Waals surface area contributed by atoms with Crippen molar-refractivity contribution in [2.75, 3.05) is 33.7 Å². The maximum Gasteiger partial charge on any atom is 0.251 e. The van der Waals surface area contributed by atoms with E-state index in [0.717, 1.165) is 60.6 Å². The fourth-order valence-electron chi connectivity index (χ4n) is 7.12. The number of likely N-dealkylation sites (tertiary alicyclic amines) is 1. The van der Waals surface area contributed by atoms with Crippen molar-refractivity contribution in [2.24, 2.45) is 5.92 Å². The zero-order chi connectivity index (χ0) is 33.1. The van der Waals surface area contributed by atoms with E-state index in [1.54, 1.807) is 24.7 Å². The Hall–Kier alpha value is -3.89. The Balaban J connectivity index is 1.27. The Morgan fingerprint density at radius 2 is 1.98 bits per heavy atom. The quantitative estimate of drug-likeness (QED) is 0.216. The van der Waals surface area contributed by atoms with Crippen LogP contribution in [0.1, 0.15) is 79.2 Å². The molecule has 1 aromatic carbocycles. The molecule has 0 saturated carbocycles. The van der Waals surface area contributed by atoms with Crippen molar-refractivity contribution in [3.8, 4) is 11.3 Å². The molecule has 3 aromatic heterocycles. The molecule has 6 rings (SSSR count). The summed E-state index contributed by atoms with van der Waals surface area (Å²) in [5, 5.41) is 11.5. The number of hydrogen-bond donors (Lipinski definition) is 1. The highest BCUT2D eigenvalue weighted by molar-refractivity contribution is 5.98. The van der Waals surface area contributed by atoms with Gasteiger partial charge in [0.2, 0.25) is 0 Å². The van der Waals surface area contributed by atoms with Crippen LogP contribution in [0.15, 0.2) is 55.0 Å². The number of benzene rings is 1. The monoisotopic (exact) mass is 641 g/mol. The van der Waals surface area contributed by atoms with E-state index >= 15 is 8.78 Å². The van der Waals surface area contributed by atoms with Crippen LogP contribution >= 0.6 is 0 Å². The van der Waals surface area contributed by atoms with Gasteiger partial charge in [0.15, 0.2) is 0 Å². The molecule has 1 aliphatic carbocycles. The SMILES string of the molecule is CC(C)[C@]1(F)CCc2nc3c(F)cc(C(=O)N[C@H](CCN4CCCCC4CN(C)C)c4ccc(-c5ccnnc5)nc4)cc3cc2C1. The fraction of sp³-hybridized carbons (Fsp3) is 0.486. The van der Waals surface area contributed by atoms with E-state index in [-0.39, 0.29) is 35.4 Å². The highest BCUT2D eigenvalue weighted by Gasteiger charge is 2.38. The highest BCUT2D eigenvalue weighted by Crippen LogP contribution is 2.38. The van der Waals surface area contributed by atoms with Gasteiger partial charge in [0, 0.05) is 54.0 Å². The standard InChI is InChI=1S/C37H45F2N7O/c1-24(2)37(39)13-10-33-29(20-37)18-27-17-28(19-31(38)35(27)43-33)36(47)44-34(12-16-46-15-6-5-7-30(46)23-45(3)4)25-8-9-32(40-21-25)26-11-14-41-42-22-26/h8-9,11,14,17-19,21-22,24,30,34H,5-7,10,12-13,15-16,20,23H2,1-4H3,(H,44,47)/t30?,34-,37+/m1/s1. The lowest BCUT2D eigenvalue weighted by Crippen LogP contribution is -2.46. The molecule has 10 heteroatoms. The summed E-state index contributed by atoms with van der Waals surface area (Å²) in [7, 11) is 4.21. The summed E-state index contributed by atoms with van der Waals surface area (Å²) < 4.78 is 31.1. The molecule has 4 heterocycles. The lowest BCUT2D eigenvalue weighted by molar-refractivity contribution is 0.0821. The summed E-state index contributed by atoms with van der Waals surface area (Å²) in [4.78, 5) is 27.9. The van der Waals surface area contributed by atoms with Gasteiger partial charge in [-0.1, -0.05) is 26.3 Å². The summed E-state index contributed by atoms with van der Waals surface area (Å²) in [6, 6.07) is 10.6. The van der Waals surface area contributed by atoms with E-state index in [1.165, 1.54) is 12.5 Å². The van der Waals surface area contributed by atoms with Crippen LogP contribution in [-0.4, -0.2) is 81.3 Å². The van der Waals surface area contributed by atoms with Crippen molar-refractivity contribution in [1.82, 2.24) is 35.3 Å². The number of pyridine rings is 2. The molecule has 0 radical (unpaired) electrons. The number of rotatable bonds is 10. The molecule has 1 unspecified atom stereocenters. The molecule has 8 nitrogen and oxygen atoms in total. The van der Waals surface area contributed by atoms with Crippen molar-refractivity contribution < 1.29 is 13.6 Å². The molecular weight excluding hydrogens is 596 g/mol. The smallest absolute Gasteiger partial charge is 0.251 e. The number of hydrogen-bond acceptors (Lipinski definition) is 7. The van der Waals surface area contributed by atoms with Gasteiger partial charge in [0.1, 0.15) is 17.0 Å². The highest BCUT2D eigenvalue weighted by atomic mass is 19.1. The first-order valence-corrected chi connectivity index (χ1v) is 16.8. The van der Waals surface area contributed by atoms with E-state index in [2.05, 4.69) is 49.4 Å². The molecule has 1 saturated heterocycles. The minimum absolute atomic E-state index is 0.134. The predicted molar refractivity (Wildman–Crippen MR) is 180 cm³/mol. The summed E-state index contributed by atoms with van der Waals surface area (Å²) in [5.74, 6) is -1.06. The van der Waals surface area contributed by atoms with Crippen molar-refractivity contribution in [1.29, 1.82) is 0 Å². The molecule has 248 valence electrons. The van der Waals surface area contributed by atoms with Crippen LogP contribution < -0.4 is 5.32 Å². The third-order valence-corrected chi connectivity index (χ3v) is 10.0. The Kier molecular flexibility index (Phi) is 9.89. The summed E-state index contributed by atoms with van der Waals surface area (Å²) in [6.45, 7) is 6.61. The lowest BCUT2D eigenvalue weighted by Gasteiger charge is -2.38. The summed E-state index contributed by atoms with van der Waals surface area (Å²) >= 11 is 0. The first-order chi connectivity index (χ1) is 22.6. The average Bonchev–Trinajstić information content (AvgIpc) is 3.06. The van der Waals surface area contributed by atoms with Crippen molar-refractivity contribution in [2.45, 2.75) is 76.5 Å². The van der Waals surface area contributed by atoms with Crippen LogP contribution in [0.5, 0.6) is 0 Å². The zero-order valence-corrected chi connectivity index (χ0v) is 27.8. The largest absolute Gasteiger partial charge is 0.345 e. The third kappa shape index (κ3) is 7.49. The Labute approximate surface area is 276 Å². The summed E-state index contributed by atoms with van der Waals surface area (Å²) in [5.41, 5.74) is 3.13. The first kappa shape index (κ1) is 33.0. The fourth-order valence-corrected chi connectivity index (χ4v) is 7.12. The number of likely N-dealkylation sites (N-methyl/N-ethyl adjacent to an activating group) is 1. The molecule has 1 aliphatic heterocycles. The number of carbonyl (C=O) groups excluding carboxylic acids is 1. The second-order valence-electron chi connectivity index (χ2n) is 13.9. The predicted octanol–water partition coefficient (Wildman–Crippen LogP) is 6.36. The zero-order valence-electron chi connectivity index (χ0n) is 27.8. The van der Waals surface area contributed by atoms with Gasteiger partial charge in [0.05, 0.1) is 24.1 Å². The van der Waals surface area contributed by atoms with Gasteiger partial charge in [0.25, 0.3) is 5.91 Å². The number of carbonyl (C=O) groups is 1. The van der Waals surface area contributed by atoms with Gasteiger partial charge in [-0.05, 0) is 100 Å². The molecule has 1 N–H and O–H groups in total. The third-order valence-electron chi connectivity index (χ3n) is 10.0. The van der Waals surface area contributed by atoms with Gasteiger partial charge in [-0.3, -0.25) is 14.7 Å². The van der Waals surface area contributed by atoms with Crippen LogP contribution in [-0.2, 0) is 12.8 Å². The minimum Gasteiger partial charge on any atom is -0.345 e. The van der Waals surface area contributed by atoms with Gasteiger partial charge >= 0.3 is 0 Å². The second kappa shape index (κ2) is 14.1. The number of amides is 1. The molecule has 47 heavy (non-hydrogen) atoms. The maximum atomic E-state index is 15.6. The normalized spacial score (nSPS) is 20.8. The van der Waals surface area contributed by atoms with E-state index in [4.69, 9.17) is 0 Å². The lowest BCUT2D eigenvalue weighted by atomic mass is 9.77. The number of halogens is 2. The molecule has 1 fully saturated rings. The van der Waals surface area contributed by atoms with Gasteiger partial charge in [-0.2, -0.15) is 10.2 Å². The van der Waals surface area contributed by atoms with E-state index in [0.29, 0.717) is 30.7 Å². The molecule has 1 amide bonds. The number of piperidine rings is 1. The number of alkyl halides is 1. The molecule has 4 aromatic rings. The van der Waals surface area contributed by atoms with E-state index in [1.807, 2.05) is 38.1 Å². The second-order valence-corrected chi connectivity index (χ2v) is 13.9. The minimum atomic E-state index is -1.32. The van der Waals surface area contributed by atoms with E-state index < -0.39 is 11.5 Å². The maximum absolute atomic E-state index is 15.6. The molecular formula is C37H45F2N7O. The van der Waals surface area contributed by atoms with Crippen LogP contribution in [0.3, 0.4) is 0 Å². The van der Waals surface area contributed by atoms with Crippen LogP contribution in [0.2, 0.25) is 0 Å². The molecule has 0 bridgehead atoms. The van der Waals surface area contributed by atoms with Crippen LogP contribution in [0.4, 0.5) is 8.78 Å². The first-order valence-electron chi connectivity index (χ1n) is 16.8. The van der Waals surface area contributed by atoms with Crippen LogP contribution in [0.25, 0.3) is 22.2 Å². The van der Waals surface area contributed by atoms with Crippen LogP contribution in [0, 0.1) is 11.7 Å². The van der Waals surface area contributed by atoms with Crippen molar-refractivity contribution in [3.05, 3.63) is 83.2 Å². The Morgan fingerprint density at radius 1 is 1.13 bits per heavy atom. The van der Waals surface area contributed by atoms with Crippen molar-refractivity contribution in [3.63, 3.8) is 0 Å². The van der Waals surface area contributed by atoms with Gasteiger partial charge in [-0.25, -0.2) is 13.8 Å². The summed E-state index contributed by atoms with van der Waals surface area (Å²) in [6.07, 6.45) is 10.4. The number of fused-ring (bicyclic) bond motifs is 2.